The van der Waals surface area contributed by atoms with Gasteiger partial charge in [-0.1, -0.05) is 30.3 Å². The molecule has 0 spiro atoms. The van der Waals surface area contributed by atoms with Crippen molar-refractivity contribution in [2.45, 2.75) is 25.7 Å². The van der Waals surface area contributed by atoms with E-state index >= 15 is 0 Å². The summed E-state index contributed by atoms with van der Waals surface area (Å²) in [6.45, 7) is 1.33. The number of hydrogen-bond donors (Lipinski definition) is 0. The van der Waals surface area contributed by atoms with Gasteiger partial charge in [0.25, 0.3) is 0 Å². The number of likely N-dealkylation sites (tertiary alicyclic amines) is 1. The zero-order chi connectivity index (χ0) is 18.4. The number of benzene rings is 2. The second kappa shape index (κ2) is 8.65. The maximum Gasteiger partial charge on any atom is 0.222 e. The molecule has 0 N–H and O–H groups in total. The van der Waals surface area contributed by atoms with Gasteiger partial charge in [-0.3, -0.25) is 9.59 Å². The van der Waals surface area contributed by atoms with Crippen molar-refractivity contribution in [3.8, 4) is 5.75 Å². The van der Waals surface area contributed by atoms with Gasteiger partial charge < -0.3 is 9.64 Å². The van der Waals surface area contributed by atoms with E-state index in [1.54, 1.807) is 7.11 Å². The molecule has 136 valence electrons. The normalized spacial score (nSPS) is 14.9. The van der Waals surface area contributed by atoms with Crippen LogP contribution in [0.25, 0.3) is 0 Å². The Morgan fingerprint density at radius 3 is 2.27 bits per heavy atom. The van der Waals surface area contributed by atoms with Gasteiger partial charge in [0.1, 0.15) is 5.75 Å². The molecule has 3 rings (SSSR count). The molecule has 1 aliphatic rings. The van der Waals surface area contributed by atoms with Crippen LogP contribution in [-0.2, 0) is 11.2 Å². The maximum absolute atomic E-state index is 12.6. The van der Waals surface area contributed by atoms with Gasteiger partial charge >= 0.3 is 0 Å². The third-order valence-corrected chi connectivity index (χ3v) is 5.06. The molecule has 0 saturated carbocycles. The number of nitrogens with zero attached hydrogens (tertiary/aromatic N) is 1. The van der Waals surface area contributed by atoms with E-state index < -0.39 is 0 Å². The Kier molecular flexibility index (Phi) is 6.05. The van der Waals surface area contributed by atoms with Gasteiger partial charge in [0.05, 0.1) is 7.11 Å². The summed E-state index contributed by atoms with van der Waals surface area (Å²) in [6.07, 6.45) is 2.77. The second-order valence-electron chi connectivity index (χ2n) is 6.73. The topological polar surface area (TPSA) is 46.6 Å². The number of ether oxygens (including phenoxy) is 1. The molecule has 1 amide bonds. The van der Waals surface area contributed by atoms with Crippen LogP contribution in [-0.4, -0.2) is 36.8 Å². The summed E-state index contributed by atoms with van der Waals surface area (Å²) >= 11 is 0. The van der Waals surface area contributed by atoms with Gasteiger partial charge in [-0.2, -0.15) is 0 Å². The number of Topliss-reactive ketones (excluding diaryl/α,β-unsaturated/α-hetero) is 1. The fraction of sp³-hybridized carbons (Fsp3) is 0.364. The van der Waals surface area contributed by atoms with Crippen molar-refractivity contribution in [2.75, 3.05) is 20.2 Å². The maximum atomic E-state index is 12.6. The van der Waals surface area contributed by atoms with Crippen molar-refractivity contribution in [1.82, 2.24) is 4.90 Å². The lowest BCUT2D eigenvalue weighted by molar-refractivity contribution is -0.132. The fourth-order valence-corrected chi connectivity index (χ4v) is 3.44. The third kappa shape index (κ3) is 4.51. The van der Waals surface area contributed by atoms with E-state index in [9.17, 15) is 9.59 Å². The third-order valence-electron chi connectivity index (χ3n) is 5.06. The minimum atomic E-state index is 0.00145. The molecule has 0 atom stereocenters. The lowest BCUT2D eigenvalue weighted by atomic mass is 9.88. The highest BCUT2D eigenvalue weighted by Crippen LogP contribution is 2.23. The Bertz CT molecular complexity index is 732. The van der Waals surface area contributed by atoms with E-state index in [0.29, 0.717) is 19.5 Å². The Balaban J connectivity index is 1.48. The van der Waals surface area contributed by atoms with Crippen LogP contribution >= 0.6 is 0 Å². The quantitative estimate of drug-likeness (QED) is 0.745. The molecule has 0 unspecified atom stereocenters. The number of ketones is 1. The molecule has 1 fully saturated rings. The zero-order valence-electron chi connectivity index (χ0n) is 15.2. The zero-order valence-corrected chi connectivity index (χ0v) is 15.2. The van der Waals surface area contributed by atoms with Crippen molar-refractivity contribution < 1.29 is 14.3 Å². The van der Waals surface area contributed by atoms with Crippen molar-refractivity contribution in [2.24, 2.45) is 5.92 Å². The van der Waals surface area contributed by atoms with E-state index in [2.05, 4.69) is 0 Å². The average molecular weight is 351 g/mol. The first-order chi connectivity index (χ1) is 12.7. The number of aryl methyl sites for hydroxylation is 1. The molecule has 26 heavy (non-hydrogen) atoms. The van der Waals surface area contributed by atoms with Crippen LogP contribution in [0.4, 0.5) is 0 Å². The number of carbonyl (C=O) groups is 2. The molecule has 0 bridgehead atoms. The summed E-state index contributed by atoms with van der Waals surface area (Å²) in [6, 6.07) is 17.3. The number of rotatable bonds is 6. The minimum absolute atomic E-state index is 0.00145. The first kappa shape index (κ1) is 18.2. The van der Waals surface area contributed by atoms with Crippen LogP contribution in [0.1, 0.15) is 35.2 Å². The molecular formula is C22H25NO3. The minimum Gasteiger partial charge on any atom is -0.497 e. The Labute approximate surface area is 154 Å². The van der Waals surface area contributed by atoms with Crippen LogP contribution in [0.3, 0.4) is 0 Å². The van der Waals surface area contributed by atoms with E-state index in [-0.39, 0.29) is 17.6 Å². The number of carbonyl (C=O) groups excluding carboxylic acids is 2. The van der Waals surface area contributed by atoms with Gasteiger partial charge in [0.2, 0.25) is 5.91 Å². The van der Waals surface area contributed by atoms with Crippen LogP contribution in [0.15, 0.2) is 54.6 Å². The fourth-order valence-electron chi connectivity index (χ4n) is 3.44. The van der Waals surface area contributed by atoms with E-state index in [4.69, 9.17) is 4.74 Å². The van der Waals surface area contributed by atoms with Crippen LogP contribution in [0, 0.1) is 5.92 Å². The molecular weight excluding hydrogens is 326 g/mol. The van der Waals surface area contributed by atoms with Crippen molar-refractivity contribution in [3.63, 3.8) is 0 Å². The number of amides is 1. The van der Waals surface area contributed by atoms with Crippen molar-refractivity contribution in [1.29, 1.82) is 0 Å². The first-order valence-corrected chi connectivity index (χ1v) is 9.17. The highest BCUT2D eigenvalue weighted by Gasteiger charge is 2.27. The molecule has 1 saturated heterocycles. The van der Waals surface area contributed by atoms with Crippen LogP contribution in [0.2, 0.25) is 0 Å². The molecule has 0 aromatic heterocycles. The molecule has 1 aliphatic heterocycles. The molecule has 4 nitrogen and oxygen atoms in total. The Morgan fingerprint density at radius 2 is 1.65 bits per heavy atom. The summed E-state index contributed by atoms with van der Waals surface area (Å²) in [7, 11) is 1.61. The predicted molar refractivity (Wildman–Crippen MR) is 101 cm³/mol. The van der Waals surface area contributed by atoms with Crippen LogP contribution < -0.4 is 4.74 Å². The van der Waals surface area contributed by atoms with Gasteiger partial charge in [0.15, 0.2) is 5.78 Å². The number of piperidine rings is 1. The summed E-state index contributed by atoms with van der Waals surface area (Å²) < 4.78 is 5.13. The van der Waals surface area contributed by atoms with Crippen molar-refractivity contribution in [3.05, 3.63) is 65.7 Å². The molecule has 2 aromatic carbocycles. The monoisotopic (exact) mass is 351 g/mol. The lowest BCUT2D eigenvalue weighted by Crippen LogP contribution is -2.40. The van der Waals surface area contributed by atoms with Gasteiger partial charge in [0, 0.05) is 31.0 Å². The number of hydrogen-bond acceptors (Lipinski definition) is 3. The SMILES string of the molecule is COc1ccc(C(=O)C2CCN(C(=O)CCc3ccccc3)CC2)cc1. The first-order valence-electron chi connectivity index (χ1n) is 9.17. The van der Waals surface area contributed by atoms with E-state index in [1.807, 2.05) is 59.5 Å². The van der Waals surface area contributed by atoms with Gasteiger partial charge in [-0.05, 0) is 49.1 Å². The smallest absolute Gasteiger partial charge is 0.222 e. The Morgan fingerprint density at radius 1 is 1.00 bits per heavy atom. The molecule has 0 aliphatic carbocycles. The van der Waals surface area contributed by atoms with Gasteiger partial charge in [-0.15, -0.1) is 0 Å². The highest BCUT2D eigenvalue weighted by atomic mass is 16.5. The van der Waals surface area contributed by atoms with E-state index in [0.717, 1.165) is 30.6 Å². The highest BCUT2D eigenvalue weighted by molar-refractivity contribution is 5.98. The summed E-state index contributed by atoms with van der Waals surface area (Å²) in [4.78, 5) is 27.0. The molecule has 1 heterocycles. The summed E-state index contributed by atoms with van der Waals surface area (Å²) in [5.41, 5.74) is 1.91. The summed E-state index contributed by atoms with van der Waals surface area (Å²) in [5.74, 6) is 1.11. The standard InChI is InChI=1S/C22H25NO3/c1-26-20-10-8-18(9-11-20)22(25)19-13-15-23(16-14-19)21(24)12-7-17-5-3-2-4-6-17/h2-6,8-11,19H,7,12-16H2,1H3. The van der Waals surface area contributed by atoms with Gasteiger partial charge in [-0.25, -0.2) is 0 Å². The molecule has 2 aromatic rings. The van der Waals surface area contributed by atoms with E-state index in [1.165, 1.54) is 5.56 Å². The molecule has 0 radical (unpaired) electrons. The van der Waals surface area contributed by atoms with Crippen LogP contribution in [0.5, 0.6) is 5.75 Å². The lowest BCUT2D eigenvalue weighted by Gasteiger charge is -2.31. The molecule has 4 heteroatoms. The predicted octanol–water partition coefficient (Wildman–Crippen LogP) is 3.75. The Hall–Kier alpha value is -2.62. The summed E-state index contributed by atoms with van der Waals surface area (Å²) in [5, 5.41) is 0. The second-order valence-corrected chi connectivity index (χ2v) is 6.73. The largest absolute Gasteiger partial charge is 0.497 e. The average Bonchev–Trinajstić information content (AvgIpc) is 2.72. The number of methoxy groups -OCH3 is 1. The van der Waals surface area contributed by atoms with Crippen molar-refractivity contribution >= 4 is 11.7 Å².